The van der Waals surface area contributed by atoms with Gasteiger partial charge in [-0.05, 0) is 60.7 Å². The highest BCUT2D eigenvalue weighted by molar-refractivity contribution is 14.1. The minimum atomic E-state index is -0.0859. The Morgan fingerprint density at radius 2 is 2.17 bits per heavy atom. The van der Waals surface area contributed by atoms with E-state index in [2.05, 4.69) is 34.8 Å². The third-order valence-corrected chi connectivity index (χ3v) is 4.88. The molecule has 2 aromatic rings. The molecule has 0 fully saturated rings. The van der Waals surface area contributed by atoms with Crippen molar-refractivity contribution < 1.29 is 14.3 Å². The summed E-state index contributed by atoms with van der Waals surface area (Å²) in [6.45, 7) is 5.01. The van der Waals surface area contributed by atoms with Gasteiger partial charge in [0.25, 0.3) is 5.91 Å². The highest BCUT2D eigenvalue weighted by Crippen LogP contribution is 2.35. The number of carbonyl (C=O) groups excluding carboxylic acids is 1. The summed E-state index contributed by atoms with van der Waals surface area (Å²) in [6, 6.07) is 11.6. The Bertz CT molecular complexity index is 760. The van der Waals surface area contributed by atoms with E-state index in [0.717, 1.165) is 27.1 Å². The number of halogens is 1. The minimum absolute atomic E-state index is 0.0859. The smallest absolute Gasteiger partial charge is 0.252 e. The van der Waals surface area contributed by atoms with Crippen LogP contribution in [-0.2, 0) is 13.0 Å². The fraction of sp³-hybridized carbons (Fsp3) is 0.316. The molecule has 0 spiro atoms. The summed E-state index contributed by atoms with van der Waals surface area (Å²) in [5.74, 6) is 1.62. The van der Waals surface area contributed by atoms with Crippen molar-refractivity contribution in [1.29, 1.82) is 0 Å². The molecular weight excluding hydrogens is 417 g/mol. The SMILES string of the molecule is CCOc1cc2c(cc1CNC(=O)c1ccccc1I)O[C@@H](C)C2. The van der Waals surface area contributed by atoms with Gasteiger partial charge in [0, 0.05) is 27.7 Å². The first-order chi connectivity index (χ1) is 11.6. The second-order valence-corrected chi connectivity index (χ2v) is 6.96. The van der Waals surface area contributed by atoms with Crippen molar-refractivity contribution in [3.05, 3.63) is 56.7 Å². The molecule has 5 heteroatoms. The summed E-state index contributed by atoms with van der Waals surface area (Å²) >= 11 is 2.17. The van der Waals surface area contributed by atoms with Crippen LogP contribution in [0.2, 0.25) is 0 Å². The summed E-state index contributed by atoms with van der Waals surface area (Å²) in [5, 5.41) is 2.98. The lowest BCUT2D eigenvalue weighted by atomic mass is 10.1. The van der Waals surface area contributed by atoms with E-state index >= 15 is 0 Å². The van der Waals surface area contributed by atoms with Gasteiger partial charge in [0.15, 0.2) is 0 Å². The molecule has 4 nitrogen and oxygen atoms in total. The fourth-order valence-electron chi connectivity index (χ4n) is 2.83. The average molecular weight is 437 g/mol. The van der Waals surface area contributed by atoms with Crippen LogP contribution in [0.25, 0.3) is 0 Å². The number of rotatable bonds is 5. The van der Waals surface area contributed by atoms with Gasteiger partial charge in [0.1, 0.15) is 17.6 Å². The molecule has 126 valence electrons. The van der Waals surface area contributed by atoms with Crippen LogP contribution < -0.4 is 14.8 Å². The molecule has 0 bridgehead atoms. The first-order valence-electron chi connectivity index (χ1n) is 8.06. The van der Waals surface area contributed by atoms with Gasteiger partial charge in [-0.25, -0.2) is 0 Å². The molecule has 0 radical (unpaired) electrons. The van der Waals surface area contributed by atoms with Crippen molar-refractivity contribution in [2.75, 3.05) is 6.61 Å². The quantitative estimate of drug-likeness (QED) is 0.721. The second-order valence-electron chi connectivity index (χ2n) is 5.80. The van der Waals surface area contributed by atoms with Gasteiger partial charge in [0.2, 0.25) is 0 Å². The topological polar surface area (TPSA) is 47.6 Å². The minimum Gasteiger partial charge on any atom is -0.494 e. The van der Waals surface area contributed by atoms with Crippen LogP contribution in [0.3, 0.4) is 0 Å². The Morgan fingerprint density at radius 3 is 2.92 bits per heavy atom. The fourth-order valence-corrected chi connectivity index (χ4v) is 3.46. The molecule has 0 saturated heterocycles. The molecular formula is C19H20INO3. The molecule has 1 aliphatic heterocycles. The zero-order chi connectivity index (χ0) is 17.1. The first kappa shape index (κ1) is 17.1. The van der Waals surface area contributed by atoms with Gasteiger partial charge in [0.05, 0.1) is 12.2 Å². The molecule has 2 aromatic carbocycles. The second kappa shape index (κ2) is 7.42. The normalized spacial score (nSPS) is 15.5. The Hall–Kier alpha value is -1.76. The zero-order valence-corrected chi connectivity index (χ0v) is 15.9. The lowest BCUT2D eigenvalue weighted by Crippen LogP contribution is -2.24. The van der Waals surface area contributed by atoms with E-state index in [1.165, 1.54) is 5.56 Å². The van der Waals surface area contributed by atoms with Gasteiger partial charge in [-0.15, -0.1) is 0 Å². The van der Waals surface area contributed by atoms with Crippen molar-refractivity contribution >= 4 is 28.5 Å². The maximum absolute atomic E-state index is 12.4. The lowest BCUT2D eigenvalue weighted by Gasteiger charge is -2.13. The number of carbonyl (C=O) groups is 1. The van der Waals surface area contributed by atoms with Gasteiger partial charge in [-0.2, -0.15) is 0 Å². The number of benzene rings is 2. The molecule has 1 aliphatic rings. The van der Waals surface area contributed by atoms with E-state index in [1.54, 1.807) is 0 Å². The predicted molar refractivity (Wildman–Crippen MR) is 102 cm³/mol. The van der Waals surface area contributed by atoms with Gasteiger partial charge < -0.3 is 14.8 Å². The Morgan fingerprint density at radius 1 is 1.38 bits per heavy atom. The summed E-state index contributed by atoms with van der Waals surface area (Å²) in [6.07, 6.45) is 1.08. The van der Waals surface area contributed by atoms with Crippen LogP contribution in [-0.4, -0.2) is 18.6 Å². The van der Waals surface area contributed by atoms with E-state index in [9.17, 15) is 4.79 Å². The largest absolute Gasteiger partial charge is 0.494 e. The highest BCUT2D eigenvalue weighted by Gasteiger charge is 2.22. The zero-order valence-electron chi connectivity index (χ0n) is 13.8. The van der Waals surface area contributed by atoms with E-state index in [4.69, 9.17) is 9.47 Å². The van der Waals surface area contributed by atoms with Crippen molar-refractivity contribution in [1.82, 2.24) is 5.32 Å². The summed E-state index contributed by atoms with van der Waals surface area (Å²) in [5.41, 5.74) is 2.78. The molecule has 0 unspecified atom stereocenters. The van der Waals surface area contributed by atoms with E-state index in [-0.39, 0.29) is 12.0 Å². The number of hydrogen-bond donors (Lipinski definition) is 1. The maximum atomic E-state index is 12.4. The molecule has 1 N–H and O–H groups in total. The van der Waals surface area contributed by atoms with Crippen molar-refractivity contribution in [2.45, 2.75) is 32.9 Å². The highest BCUT2D eigenvalue weighted by atomic mass is 127. The maximum Gasteiger partial charge on any atom is 0.252 e. The standard InChI is InChI=1S/C19H20INO3/c1-3-23-17-9-13-8-12(2)24-18(13)10-14(17)11-21-19(22)15-6-4-5-7-16(15)20/h4-7,9-10,12H,3,8,11H2,1-2H3,(H,21,22)/t12-/m0/s1. The van der Waals surface area contributed by atoms with E-state index < -0.39 is 0 Å². The Balaban J connectivity index is 1.78. The molecule has 0 saturated carbocycles. The van der Waals surface area contributed by atoms with Gasteiger partial charge in [-0.3, -0.25) is 4.79 Å². The van der Waals surface area contributed by atoms with Crippen LogP contribution in [0, 0.1) is 3.57 Å². The van der Waals surface area contributed by atoms with E-state index in [0.29, 0.717) is 18.7 Å². The van der Waals surface area contributed by atoms with Crippen LogP contribution in [0.5, 0.6) is 11.5 Å². The summed E-state index contributed by atoms with van der Waals surface area (Å²) in [7, 11) is 0. The first-order valence-corrected chi connectivity index (χ1v) is 9.14. The van der Waals surface area contributed by atoms with Crippen molar-refractivity contribution in [2.24, 2.45) is 0 Å². The molecule has 0 aliphatic carbocycles. The van der Waals surface area contributed by atoms with Crippen LogP contribution in [0.15, 0.2) is 36.4 Å². The number of amides is 1. The molecule has 24 heavy (non-hydrogen) atoms. The van der Waals surface area contributed by atoms with Gasteiger partial charge >= 0.3 is 0 Å². The Kier molecular flexibility index (Phi) is 5.28. The molecule has 1 heterocycles. The average Bonchev–Trinajstić information content (AvgIpc) is 2.92. The number of ether oxygens (including phenoxy) is 2. The third kappa shape index (κ3) is 3.66. The van der Waals surface area contributed by atoms with Crippen molar-refractivity contribution in [3.63, 3.8) is 0 Å². The van der Waals surface area contributed by atoms with E-state index in [1.807, 2.05) is 43.3 Å². The monoisotopic (exact) mass is 437 g/mol. The molecule has 0 aromatic heterocycles. The van der Waals surface area contributed by atoms with Crippen LogP contribution in [0.4, 0.5) is 0 Å². The lowest BCUT2D eigenvalue weighted by molar-refractivity contribution is 0.0949. The van der Waals surface area contributed by atoms with Crippen LogP contribution in [0.1, 0.15) is 35.3 Å². The van der Waals surface area contributed by atoms with Crippen LogP contribution >= 0.6 is 22.6 Å². The third-order valence-electron chi connectivity index (χ3n) is 3.94. The van der Waals surface area contributed by atoms with Gasteiger partial charge in [-0.1, -0.05) is 12.1 Å². The summed E-state index contributed by atoms with van der Waals surface area (Å²) < 4.78 is 12.5. The number of hydrogen-bond acceptors (Lipinski definition) is 3. The Labute approximate surface area is 155 Å². The molecule has 3 rings (SSSR count). The van der Waals surface area contributed by atoms with Crippen molar-refractivity contribution in [3.8, 4) is 11.5 Å². The molecule has 1 amide bonds. The molecule has 1 atom stereocenters. The number of fused-ring (bicyclic) bond motifs is 1. The summed E-state index contributed by atoms with van der Waals surface area (Å²) in [4.78, 5) is 12.4. The predicted octanol–water partition coefficient (Wildman–Crippen LogP) is 3.94. The number of nitrogens with one attached hydrogen (secondary N) is 1.